The molecule has 3 amide bonds. The van der Waals surface area contributed by atoms with Crippen LogP contribution in [0.25, 0.3) is 0 Å². The Kier molecular flexibility index (Phi) is 5.25. The quantitative estimate of drug-likeness (QED) is 0.860. The first-order chi connectivity index (χ1) is 12.4. The maximum absolute atomic E-state index is 12.5. The molecule has 1 N–H and O–H groups in total. The van der Waals surface area contributed by atoms with Gasteiger partial charge in [0.1, 0.15) is 6.54 Å². The Morgan fingerprint density at radius 1 is 1.15 bits per heavy atom. The second-order valence-corrected chi connectivity index (χ2v) is 6.69. The van der Waals surface area contributed by atoms with Crippen LogP contribution in [0.5, 0.6) is 0 Å². The fraction of sp³-hybridized carbons (Fsp3) is 0.421. The van der Waals surface area contributed by atoms with Crippen LogP contribution >= 0.6 is 0 Å². The van der Waals surface area contributed by atoms with Crippen molar-refractivity contribution >= 4 is 17.6 Å². The molecule has 0 radical (unpaired) electrons. The van der Waals surface area contributed by atoms with Gasteiger partial charge in [-0.3, -0.25) is 14.4 Å². The molecule has 1 aromatic carbocycles. The number of aromatic nitrogens is 2. The standard InChI is InChI=1S/C19H25N5O2/c1-14-4-6-17(7-5-14)23-11-10-22(19(23)26)13-18(25)20-8-9-24-16(3)12-15(2)21-24/h4-7,12H,8-11,13H2,1-3H3,(H,20,25). The normalized spacial score (nSPS) is 14.2. The van der Waals surface area contributed by atoms with Gasteiger partial charge in [0, 0.05) is 31.0 Å². The molecular formula is C19H25N5O2. The van der Waals surface area contributed by atoms with Crippen LogP contribution in [0.15, 0.2) is 30.3 Å². The van der Waals surface area contributed by atoms with Crippen LogP contribution in [0.2, 0.25) is 0 Å². The molecule has 0 bridgehead atoms. The van der Waals surface area contributed by atoms with Crippen LogP contribution in [0.1, 0.15) is 17.0 Å². The average molecular weight is 355 g/mol. The summed E-state index contributed by atoms with van der Waals surface area (Å²) < 4.78 is 1.87. The van der Waals surface area contributed by atoms with Gasteiger partial charge in [0.2, 0.25) is 5.91 Å². The Hall–Kier alpha value is -2.83. The topological polar surface area (TPSA) is 70.5 Å². The van der Waals surface area contributed by atoms with Crippen LogP contribution < -0.4 is 10.2 Å². The number of anilines is 1. The Bertz CT molecular complexity index is 797. The van der Waals surface area contributed by atoms with E-state index in [-0.39, 0.29) is 18.5 Å². The van der Waals surface area contributed by atoms with Crippen molar-refractivity contribution in [2.75, 3.05) is 31.1 Å². The van der Waals surface area contributed by atoms with E-state index in [9.17, 15) is 9.59 Å². The highest BCUT2D eigenvalue weighted by Gasteiger charge is 2.30. The largest absolute Gasteiger partial charge is 0.353 e. The average Bonchev–Trinajstić information content (AvgIpc) is 3.11. The first kappa shape index (κ1) is 18.0. The van der Waals surface area contributed by atoms with E-state index >= 15 is 0 Å². The summed E-state index contributed by atoms with van der Waals surface area (Å²) in [4.78, 5) is 28.0. The second-order valence-electron chi connectivity index (χ2n) is 6.69. The lowest BCUT2D eigenvalue weighted by Crippen LogP contribution is -2.40. The highest BCUT2D eigenvalue weighted by molar-refractivity contribution is 5.96. The third-order valence-electron chi connectivity index (χ3n) is 4.52. The minimum atomic E-state index is -0.148. The molecule has 7 nitrogen and oxygen atoms in total. The zero-order chi connectivity index (χ0) is 18.7. The molecule has 0 unspecified atom stereocenters. The van der Waals surface area contributed by atoms with E-state index in [1.807, 2.05) is 55.8 Å². The van der Waals surface area contributed by atoms with Crippen LogP contribution in [0.4, 0.5) is 10.5 Å². The van der Waals surface area contributed by atoms with Gasteiger partial charge in [-0.15, -0.1) is 0 Å². The molecule has 7 heteroatoms. The van der Waals surface area contributed by atoms with Gasteiger partial charge in [0.25, 0.3) is 0 Å². The Morgan fingerprint density at radius 3 is 2.54 bits per heavy atom. The number of hydrogen-bond acceptors (Lipinski definition) is 3. The van der Waals surface area contributed by atoms with E-state index in [2.05, 4.69) is 10.4 Å². The zero-order valence-corrected chi connectivity index (χ0v) is 15.5. The van der Waals surface area contributed by atoms with E-state index in [0.717, 1.165) is 22.6 Å². The van der Waals surface area contributed by atoms with E-state index in [1.54, 1.807) is 9.80 Å². The number of nitrogens with zero attached hydrogens (tertiary/aromatic N) is 4. The number of carbonyl (C=O) groups is 2. The summed E-state index contributed by atoms with van der Waals surface area (Å²) in [6, 6.07) is 9.72. The molecule has 0 saturated carbocycles. The molecule has 0 spiro atoms. The van der Waals surface area contributed by atoms with Gasteiger partial charge >= 0.3 is 6.03 Å². The third-order valence-corrected chi connectivity index (χ3v) is 4.52. The number of carbonyl (C=O) groups excluding carboxylic acids is 2. The van der Waals surface area contributed by atoms with Gasteiger partial charge in [-0.25, -0.2) is 4.79 Å². The molecular weight excluding hydrogens is 330 g/mol. The van der Waals surface area contributed by atoms with Gasteiger partial charge in [-0.2, -0.15) is 5.10 Å². The molecule has 1 saturated heterocycles. The van der Waals surface area contributed by atoms with Gasteiger partial charge in [0.15, 0.2) is 0 Å². The number of benzene rings is 1. The molecule has 1 aliphatic heterocycles. The van der Waals surface area contributed by atoms with E-state index in [4.69, 9.17) is 0 Å². The highest BCUT2D eigenvalue weighted by atomic mass is 16.2. The predicted octanol–water partition coefficient (Wildman–Crippen LogP) is 1.87. The van der Waals surface area contributed by atoms with E-state index in [1.165, 1.54) is 0 Å². The summed E-state index contributed by atoms with van der Waals surface area (Å²) in [5.74, 6) is -0.148. The highest BCUT2D eigenvalue weighted by Crippen LogP contribution is 2.20. The number of urea groups is 1. The fourth-order valence-corrected chi connectivity index (χ4v) is 3.13. The molecule has 0 aliphatic carbocycles. The summed E-state index contributed by atoms with van der Waals surface area (Å²) >= 11 is 0. The van der Waals surface area contributed by atoms with Crippen molar-refractivity contribution in [3.8, 4) is 0 Å². The minimum Gasteiger partial charge on any atom is -0.353 e. The van der Waals surface area contributed by atoms with Gasteiger partial charge in [-0.05, 0) is 39.0 Å². The minimum absolute atomic E-state index is 0.0817. The van der Waals surface area contributed by atoms with E-state index < -0.39 is 0 Å². The molecule has 0 atom stereocenters. The third kappa shape index (κ3) is 4.04. The van der Waals surface area contributed by atoms with Gasteiger partial charge in [-0.1, -0.05) is 17.7 Å². The first-order valence-corrected chi connectivity index (χ1v) is 8.85. The summed E-state index contributed by atoms with van der Waals surface area (Å²) in [6.07, 6.45) is 0. The molecule has 3 rings (SSSR count). The van der Waals surface area contributed by atoms with Crippen molar-refractivity contribution in [2.24, 2.45) is 0 Å². The molecule has 2 aromatic rings. The SMILES string of the molecule is Cc1ccc(N2CCN(CC(=O)NCCn3nc(C)cc3C)C2=O)cc1. The fourth-order valence-electron chi connectivity index (χ4n) is 3.13. The lowest BCUT2D eigenvalue weighted by atomic mass is 10.2. The van der Waals surface area contributed by atoms with Crippen LogP contribution in [-0.4, -0.2) is 52.8 Å². The van der Waals surface area contributed by atoms with Crippen LogP contribution in [0, 0.1) is 20.8 Å². The summed E-state index contributed by atoms with van der Waals surface area (Å²) in [5.41, 5.74) is 4.06. The number of hydrogen-bond donors (Lipinski definition) is 1. The maximum Gasteiger partial charge on any atom is 0.325 e. The summed E-state index contributed by atoms with van der Waals surface area (Å²) in [5, 5.41) is 7.23. The van der Waals surface area contributed by atoms with Crippen LogP contribution in [0.3, 0.4) is 0 Å². The zero-order valence-electron chi connectivity index (χ0n) is 15.5. The van der Waals surface area contributed by atoms with Crippen LogP contribution in [-0.2, 0) is 11.3 Å². The molecule has 1 aromatic heterocycles. The lowest BCUT2D eigenvalue weighted by molar-refractivity contribution is -0.121. The van der Waals surface area contributed by atoms with E-state index in [0.29, 0.717) is 26.2 Å². The maximum atomic E-state index is 12.5. The Labute approximate surface area is 153 Å². The molecule has 26 heavy (non-hydrogen) atoms. The Balaban J connectivity index is 1.48. The van der Waals surface area contributed by atoms with Gasteiger partial charge in [0.05, 0.1) is 12.2 Å². The summed E-state index contributed by atoms with van der Waals surface area (Å²) in [7, 11) is 0. The molecule has 2 heterocycles. The van der Waals surface area contributed by atoms with Crippen molar-refractivity contribution < 1.29 is 9.59 Å². The molecule has 1 aliphatic rings. The Morgan fingerprint density at radius 2 is 1.88 bits per heavy atom. The van der Waals surface area contributed by atoms with Crippen molar-refractivity contribution in [1.82, 2.24) is 20.0 Å². The lowest BCUT2D eigenvalue weighted by Gasteiger charge is -2.18. The number of rotatable bonds is 6. The van der Waals surface area contributed by atoms with Crippen molar-refractivity contribution in [2.45, 2.75) is 27.3 Å². The molecule has 138 valence electrons. The summed E-state index contributed by atoms with van der Waals surface area (Å²) in [6.45, 7) is 8.29. The number of amides is 3. The van der Waals surface area contributed by atoms with Crippen molar-refractivity contribution in [3.05, 3.63) is 47.3 Å². The van der Waals surface area contributed by atoms with Crippen molar-refractivity contribution in [1.29, 1.82) is 0 Å². The predicted molar refractivity (Wildman–Crippen MR) is 100 cm³/mol. The number of aryl methyl sites for hydroxylation is 3. The second kappa shape index (κ2) is 7.59. The van der Waals surface area contributed by atoms with Crippen molar-refractivity contribution in [3.63, 3.8) is 0 Å². The molecule has 1 fully saturated rings. The smallest absolute Gasteiger partial charge is 0.325 e. The monoisotopic (exact) mass is 355 g/mol. The van der Waals surface area contributed by atoms with Gasteiger partial charge < -0.3 is 10.2 Å². The first-order valence-electron chi connectivity index (χ1n) is 8.85. The number of nitrogens with one attached hydrogen (secondary N) is 1.